The Morgan fingerprint density at radius 2 is 1.70 bits per heavy atom. The zero-order valence-corrected chi connectivity index (χ0v) is 27.9. The number of hydrogen-bond acceptors (Lipinski definition) is 5. The van der Waals surface area contributed by atoms with E-state index in [4.69, 9.17) is 0 Å². The average Bonchev–Trinajstić information content (AvgIpc) is 3.70. The maximum absolute atomic E-state index is 12.1. The molecule has 0 bridgehead atoms. The SMILES string of the molecule is C/C=C\C=C(/C)C(C)=NC(Cc1ccc(C)cc1)=NC.C=C/C=C(/C)NC.CC(=O)CN1CCC(C(=O)N2CCCC2)C1. The van der Waals surface area contributed by atoms with Crippen molar-refractivity contribution >= 4 is 23.2 Å². The number of carbonyl (C=O) groups is 2. The standard InChI is InChI=1S/C18H24N2.C12H20N2O2.C6H11N/c1-6-7-8-15(3)16(4)20-18(19-5)13-17-11-9-14(2)10-12-17;1-10(15)8-13-7-4-11(9-13)12(16)14-5-2-3-6-14;1-4-5-6(2)7-3/h6-12H,13H2,1-5H3;11H,2-9H2,1H3;4-5,7H,1H2,2-3H3/b7-6-,15-8+,19-18?,20-16?;;6-5-. The fourth-order valence-corrected chi connectivity index (χ4v) is 4.65. The molecule has 2 heterocycles. The monoisotopic (exact) mass is 589 g/mol. The summed E-state index contributed by atoms with van der Waals surface area (Å²) >= 11 is 0. The van der Waals surface area contributed by atoms with Gasteiger partial charge in [-0.3, -0.25) is 19.5 Å². The highest BCUT2D eigenvalue weighted by atomic mass is 16.2. The number of aliphatic imine (C=N–C) groups is 2. The highest BCUT2D eigenvalue weighted by Gasteiger charge is 2.32. The van der Waals surface area contributed by atoms with Crippen LogP contribution in [0.1, 0.15) is 65.0 Å². The molecule has 0 saturated carbocycles. The molecule has 1 aromatic rings. The average molecular weight is 590 g/mol. The zero-order valence-electron chi connectivity index (χ0n) is 27.9. The molecule has 43 heavy (non-hydrogen) atoms. The predicted octanol–water partition coefficient (Wildman–Crippen LogP) is 6.36. The third-order valence-corrected chi connectivity index (χ3v) is 7.39. The van der Waals surface area contributed by atoms with Gasteiger partial charge in [0.25, 0.3) is 0 Å². The fraction of sp³-hybridized carbons (Fsp3) is 0.500. The summed E-state index contributed by atoms with van der Waals surface area (Å²) in [4.78, 5) is 36.1. The Labute approximate surface area is 261 Å². The number of carbonyl (C=O) groups excluding carboxylic acids is 2. The number of amides is 1. The Kier molecular flexibility index (Phi) is 18.4. The normalized spacial score (nSPS) is 18.1. The minimum Gasteiger partial charge on any atom is -0.392 e. The molecule has 7 nitrogen and oxygen atoms in total. The fourth-order valence-electron chi connectivity index (χ4n) is 4.65. The molecule has 0 spiro atoms. The van der Waals surface area contributed by atoms with Gasteiger partial charge in [-0.15, -0.1) is 0 Å². The Balaban J connectivity index is 0.000000358. The van der Waals surface area contributed by atoms with Crippen molar-refractivity contribution in [1.29, 1.82) is 0 Å². The van der Waals surface area contributed by atoms with Crippen LogP contribution in [0.3, 0.4) is 0 Å². The van der Waals surface area contributed by atoms with Gasteiger partial charge in [0.1, 0.15) is 11.6 Å². The molecule has 1 N–H and O–H groups in total. The largest absolute Gasteiger partial charge is 0.392 e. The van der Waals surface area contributed by atoms with Crippen LogP contribution in [0.2, 0.25) is 0 Å². The molecule has 236 valence electrons. The molecule has 1 unspecified atom stereocenters. The lowest BCUT2D eigenvalue weighted by molar-refractivity contribution is -0.134. The quantitative estimate of drug-likeness (QED) is 0.206. The maximum atomic E-state index is 12.1. The van der Waals surface area contributed by atoms with Gasteiger partial charge in [0.05, 0.1) is 12.5 Å². The van der Waals surface area contributed by atoms with Gasteiger partial charge >= 0.3 is 0 Å². The number of nitrogens with zero attached hydrogens (tertiary/aromatic N) is 4. The molecule has 1 atom stereocenters. The first kappa shape index (κ1) is 37.4. The number of aryl methyl sites for hydroxylation is 1. The maximum Gasteiger partial charge on any atom is 0.227 e. The van der Waals surface area contributed by atoms with Gasteiger partial charge in [-0.05, 0) is 84.6 Å². The van der Waals surface area contributed by atoms with Crippen LogP contribution in [-0.4, -0.2) is 79.9 Å². The summed E-state index contributed by atoms with van der Waals surface area (Å²) < 4.78 is 0. The lowest BCUT2D eigenvalue weighted by Crippen LogP contribution is -2.35. The van der Waals surface area contributed by atoms with Gasteiger partial charge in [0, 0.05) is 51.6 Å². The number of hydrogen-bond donors (Lipinski definition) is 1. The summed E-state index contributed by atoms with van der Waals surface area (Å²) in [6.07, 6.45) is 13.8. The summed E-state index contributed by atoms with van der Waals surface area (Å²) in [5, 5.41) is 2.96. The number of nitrogens with one attached hydrogen (secondary N) is 1. The number of likely N-dealkylation sites (tertiary alicyclic amines) is 2. The number of ketones is 1. The molecule has 2 aliphatic heterocycles. The number of allylic oxidation sites excluding steroid dienone is 7. The van der Waals surface area contributed by atoms with Crippen LogP contribution in [0.15, 0.2) is 82.5 Å². The van der Waals surface area contributed by atoms with Gasteiger partial charge in [0.15, 0.2) is 0 Å². The highest BCUT2D eigenvalue weighted by Crippen LogP contribution is 2.21. The van der Waals surface area contributed by atoms with Crippen LogP contribution >= 0.6 is 0 Å². The lowest BCUT2D eigenvalue weighted by Gasteiger charge is -2.20. The first-order valence-electron chi connectivity index (χ1n) is 15.4. The molecule has 2 saturated heterocycles. The number of rotatable bonds is 9. The van der Waals surface area contributed by atoms with E-state index in [2.05, 4.69) is 71.0 Å². The van der Waals surface area contributed by atoms with Crippen molar-refractivity contribution in [3.05, 3.63) is 83.6 Å². The molecule has 0 aliphatic carbocycles. The predicted molar refractivity (Wildman–Crippen MR) is 184 cm³/mol. The third kappa shape index (κ3) is 15.5. The third-order valence-electron chi connectivity index (χ3n) is 7.39. The smallest absolute Gasteiger partial charge is 0.227 e. The van der Waals surface area contributed by atoms with Crippen molar-refractivity contribution in [3.8, 4) is 0 Å². The van der Waals surface area contributed by atoms with E-state index < -0.39 is 0 Å². The summed E-state index contributed by atoms with van der Waals surface area (Å²) in [5.74, 6) is 1.50. The summed E-state index contributed by atoms with van der Waals surface area (Å²) in [6.45, 7) is 19.4. The molecule has 2 fully saturated rings. The van der Waals surface area contributed by atoms with Crippen LogP contribution in [0.4, 0.5) is 0 Å². The first-order chi connectivity index (χ1) is 20.5. The zero-order chi connectivity index (χ0) is 32.2. The van der Waals surface area contributed by atoms with Crippen molar-refractivity contribution in [1.82, 2.24) is 15.1 Å². The van der Waals surface area contributed by atoms with Crippen molar-refractivity contribution in [2.75, 3.05) is 46.8 Å². The van der Waals surface area contributed by atoms with Gasteiger partial charge < -0.3 is 10.2 Å². The molecule has 2 aliphatic rings. The molecular formula is C36H55N5O2. The van der Waals surface area contributed by atoms with E-state index >= 15 is 0 Å². The molecule has 0 radical (unpaired) electrons. The van der Waals surface area contributed by atoms with Crippen LogP contribution in [0, 0.1) is 12.8 Å². The molecule has 0 aromatic heterocycles. The van der Waals surface area contributed by atoms with E-state index in [0.717, 1.165) is 74.7 Å². The van der Waals surface area contributed by atoms with Gasteiger partial charge in [-0.1, -0.05) is 60.7 Å². The Morgan fingerprint density at radius 1 is 1.05 bits per heavy atom. The Bertz CT molecular complexity index is 1170. The van der Waals surface area contributed by atoms with Crippen molar-refractivity contribution in [3.63, 3.8) is 0 Å². The lowest BCUT2D eigenvalue weighted by atomic mass is 10.1. The van der Waals surface area contributed by atoms with Gasteiger partial charge in [-0.25, -0.2) is 4.99 Å². The molecule has 1 amide bonds. The van der Waals surface area contributed by atoms with Crippen molar-refractivity contribution in [2.45, 2.75) is 67.2 Å². The van der Waals surface area contributed by atoms with Crippen molar-refractivity contribution < 1.29 is 9.59 Å². The van der Waals surface area contributed by atoms with Crippen LogP contribution in [0.25, 0.3) is 0 Å². The highest BCUT2D eigenvalue weighted by molar-refractivity contribution is 6.06. The molecule has 7 heteroatoms. The molecule has 1 aromatic carbocycles. The van der Waals surface area contributed by atoms with Crippen LogP contribution in [0.5, 0.6) is 0 Å². The van der Waals surface area contributed by atoms with E-state index in [1.165, 1.54) is 11.1 Å². The summed E-state index contributed by atoms with van der Waals surface area (Å²) in [5.41, 5.74) is 5.82. The van der Waals surface area contributed by atoms with E-state index in [0.29, 0.717) is 12.5 Å². The molecular weight excluding hydrogens is 534 g/mol. The second-order valence-corrected chi connectivity index (χ2v) is 11.2. The van der Waals surface area contributed by atoms with E-state index in [9.17, 15) is 9.59 Å². The minimum atomic E-state index is 0.137. The van der Waals surface area contributed by atoms with Crippen LogP contribution in [-0.2, 0) is 16.0 Å². The number of benzene rings is 1. The molecule has 3 rings (SSSR count). The topological polar surface area (TPSA) is 77.4 Å². The van der Waals surface area contributed by atoms with Gasteiger partial charge in [0.2, 0.25) is 5.91 Å². The van der Waals surface area contributed by atoms with E-state index in [-0.39, 0.29) is 11.7 Å². The van der Waals surface area contributed by atoms with Crippen molar-refractivity contribution in [2.24, 2.45) is 15.9 Å². The van der Waals surface area contributed by atoms with E-state index in [1.54, 1.807) is 20.0 Å². The number of amidine groups is 1. The Hall–Kier alpha value is -3.58. The number of Topliss-reactive ketones (excluding diaryl/α,β-unsaturated/α-hetero) is 1. The summed E-state index contributed by atoms with van der Waals surface area (Å²) in [6, 6.07) is 8.51. The van der Waals surface area contributed by atoms with Crippen LogP contribution < -0.4 is 5.32 Å². The second-order valence-electron chi connectivity index (χ2n) is 11.2. The second kappa shape index (κ2) is 21.2. The van der Waals surface area contributed by atoms with E-state index in [1.807, 2.05) is 50.9 Å². The Morgan fingerprint density at radius 3 is 2.21 bits per heavy atom. The summed E-state index contributed by atoms with van der Waals surface area (Å²) in [7, 11) is 3.68. The minimum absolute atomic E-state index is 0.137. The first-order valence-corrected chi connectivity index (χ1v) is 15.4. The van der Waals surface area contributed by atoms with Gasteiger partial charge in [-0.2, -0.15) is 0 Å².